The number of alkyl halides is 2. The topological polar surface area (TPSA) is 29.5 Å². The summed E-state index contributed by atoms with van der Waals surface area (Å²) in [5.74, 6) is -2.68. The normalized spacial score (nSPS) is 13.0. The first-order valence-electron chi connectivity index (χ1n) is 6.87. The van der Waals surface area contributed by atoms with Crippen molar-refractivity contribution in [3.8, 4) is 5.75 Å². The second-order valence-corrected chi connectivity index (χ2v) is 4.85. The van der Waals surface area contributed by atoms with E-state index in [1.165, 1.54) is 12.1 Å². The van der Waals surface area contributed by atoms with E-state index in [0.29, 0.717) is 12.2 Å². The van der Waals surface area contributed by atoms with E-state index in [1.54, 1.807) is 42.5 Å². The standard InChI is InChI=1S/C17H18F2O2/c1-2-16(20)13-8-10-15(11-9-13)21-12-17(18,19)14-6-4-3-5-7-14/h3-11,16,20H,2,12H2,1H3. The lowest BCUT2D eigenvalue weighted by Gasteiger charge is -2.17. The number of aliphatic hydroxyl groups excluding tert-OH is 1. The van der Waals surface area contributed by atoms with Crippen LogP contribution < -0.4 is 4.74 Å². The molecular weight excluding hydrogens is 274 g/mol. The van der Waals surface area contributed by atoms with Crippen molar-refractivity contribution >= 4 is 0 Å². The number of rotatable bonds is 6. The van der Waals surface area contributed by atoms with Crippen LogP contribution in [0.4, 0.5) is 8.78 Å². The molecule has 0 spiro atoms. The van der Waals surface area contributed by atoms with Crippen LogP contribution in [-0.2, 0) is 5.92 Å². The zero-order chi connectivity index (χ0) is 15.3. The molecule has 112 valence electrons. The van der Waals surface area contributed by atoms with Gasteiger partial charge in [0.15, 0.2) is 6.61 Å². The molecule has 21 heavy (non-hydrogen) atoms. The summed E-state index contributed by atoms with van der Waals surface area (Å²) >= 11 is 0. The van der Waals surface area contributed by atoms with Crippen LogP contribution >= 0.6 is 0 Å². The van der Waals surface area contributed by atoms with Crippen LogP contribution in [-0.4, -0.2) is 11.7 Å². The lowest BCUT2D eigenvalue weighted by Crippen LogP contribution is -2.23. The monoisotopic (exact) mass is 292 g/mol. The molecule has 0 bridgehead atoms. The third kappa shape index (κ3) is 4.02. The number of aliphatic hydroxyl groups is 1. The van der Waals surface area contributed by atoms with Gasteiger partial charge in [-0.1, -0.05) is 49.4 Å². The van der Waals surface area contributed by atoms with Crippen molar-refractivity contribution in [1.29, 1.82) is 0 Å². The zero-order valence-electron chi connectivity index (χ0n) is 11.8. The summed E-state index contributed by atoms with van der Waals surface area (Å²) in [6.07, 6.45) is 0.0662. The van der Waals surface area contributed by atoms with Gasteiger partial charge in [-0.05, 0) is 24.1 Å². The molecule has 0 aliphatic heterocycles. The summed E-state index contributed by atoms with van der Waals surface area (Å²) < 4.78 is 33.0. The van der Waals surface area contributed by atoms with E-state index >= 15 is 0 Å². The Morgan fingerprint density at radius 1 is 1.05 bits per heavy atom. The largest absolute Gasteiger partial charge is 0.487 e. The Morgan fingerprint density at radius 3 is 2.24 bits per heavy atom. The average Bonchev–Trinajstić information content (AvgIpc) is 2.53. The molecule has 1 atom stereocenters. The second-order valence-electron chi connectivity index (χ2n) is 4.85. The Kier molecular flexibility index (Phi) is 4.91. The predicted molar refractivity (Wildman–Crippen MR) is 77.5 cm³/mol. The van der Waals surface area contributed by atoms with Crippen LogP contribution in [0.5, 0.6) is 5.75 Å². The maximum Gasteiger partial charge on any atom is 0.306 e. The number of benzene rings is 2. The SMILES string of the molecule is CCC(O)c1ccc(OCC(F)(F)c2ccccc2)cc1. The van der Waals surface area contributed by atoms with E-state index in [2.05, 4.69) is 0 Å². The van der Waals surface area contributed by atoms with E-state index in [9.17, 15) is 13.9 Å². The van der Waals surface area contributed by atoms with Gasteiger partial charge in [0.05, 0.1) is 6.10 Å². The van der Waals surface area contributed by atoms with Gasteiger partial charge in [-0.25, -0.2) is 0 Å². The van der Waals surface area contributed by atoms with Gasteiger partial charge in [-0.3, -0.25) is 0 Å². The maximum absolute atomic E-state index is 13.9. The molecule has 0 radical (unpaired) electrons. The molecule has 0 aromatic heterocycles. The minimum absolute atomic E-state index is 0.0666. The molecule has 0 heterocycles. The molecule has 4 heteroatoms. The summed E-state index contributed by atoms with van der Waals surface area (Å²) in [4.78, 5) is 0. The van der Waals surface area contributed by atoms with Crippen LogP contribution in [0, 0.1) is 0 Å². The Hall–Kier alpha value is -1.94. The third-order valence-electron chi connectivity index (χ3n) is 3.27. The van der Waals surface area contributed by atoms with Crippen LogP contribution in [0.3, 0.4) is 0 Å². The van der Waals surface area contributed by atoms with E-state index in [4.69, 9.17) is 4.74 Å². The smallest absolute Gasteiger partial charge is 0.306 e. The predicted octanol–water partition coefficient (Wildman–Crippen LogP) is 4.30. The highest BCUT2D eigenvalue weighted by Gasteiger charge is 2.32. The van der Waals surface area contributed by atoms with Gasteiger partial charge >= 0.3 is 5.92 Å². The van der Waals surface area contributed by atoms with E-state index in [0.717, 1.165) is 5.56 Å². The number of hydrogen-bond donors (Lipinski definition) is 1. The fourth-order valence-corrected chi connectivity index (χ4v) is 1.96. The quantitative estimate of drug-likeness (QED) is 0.860. The Labute approximate surface area is 123 Å². The van der Waals surface area contributed by atoms with Crippen molar-refractivity contribution < 1.29 is 18.6 Å². The van der Waals surface area contributed by atoms with Gasteiger partial charge in [0.1, 0.15) is 5.75 Å². The molecular formula is C17H18F2O2. The van der Waals surface area contributed by atoms with E-state index in [-0.39, 0.29) is 5.56 Å². The molecule has 1 N–H and O–H groups in total. The number of ether oxygens (including phenoxy) is 1. The molecule has 0 aliphatic carbocycles. The molecule has 2 aromatic rings. The van der Waals surface area contributed by atoms with Gasteiger partial charge in [-0.2, -0.15) is 8.78 Å². The highest BCUT2D eigenvalue weighted by Crippen LogP contribution is 2.29. The molecule has 1 unspecified atom stereocenters. The molecule has 0 amide bonds. The summed E-state index contributed by atoms with van der Waals surface area (Å²) in [6.45, 7) is 1.15. The highest BCUT2D eigenvalue weighted by molar-refractivity contribution is 5.29. The van der Waals surface area contributed by atoms with Gasteiger partial charge in [0.2, 0.25) is 0 Å². The Bertz CT molecular complexity index is 553. The number of halogens is 2. The van der Waals surface area contributed by atoms with Crippen molar-refractivity contribution in [1.82, 2.24) is 0 Å². The van der Waals surface area contributed by atoms with Gasteiger partial charge < -0.3 is 9.84 Å². The maximum atomic E-state index is 13.9. The van der Waals surface area contributed by atoms with Gasteiger partial charge in [0, 0.05) is 5.56 Å². The molecule has 2 rings (SSSR count). The third-order valence-corrected chi connectivity index (χ3v) is 3.27. The molecule has 2 nitrogen and oxygen atoms in total. The molecule has 0 fully saturated rings. The first-order chi connectivity index (χ1) is 10.0. The molecule has 0 aliphatic rings. The number of hydrogen-bond acceptors (Lipinski definition) is 2. The summed E-state index contributed by atoms with van der Waals surface area (Å²) in [6, 6.07) is 14.2. The first-order valence-corrected chi connectivity index (χ1v) is 6.87. The summed E-state index contributed by atoms with van der Waals surface area (Å²) in [5.41, 5.74) is 0.683. The Morgan fingerprint density at radius 2 is 1.67 bits per heavy atom. The van der Waals surface area contributed by atoms with Crippen molar-refractivity contribution in [2.45, 2.75) is 25.4 Å². The van der Waals surface area contributed by atoms with Crippen molar-refractivity contribution in [2.75, 3.05) is 6.61 Å². The lowest BCUT2D eigenvalue weighted by molar-refractivity contribution is -0.0467. The molecule has 0 saturated heterocycles. The average molecular weight is 292 g/mol. The lowest BCUT2D eigenvalue weighted by atomic mass is 10.1. The first kappa shape index (κ1) is 15.4. The van der Waals surface area contributed by atoms with Crippen molar-refractivity contribution in [3.63, 3.8) is 0 Å². The van der Waals surface area contributed by atoms with Crippen LogP contribution in [0.15, 0.2) is 54.6 Å². The minimum atomic E-state index is -3.04. The van der Waals surface area contributed by atoms with Crippen molar-refractivity contribution in [2.24, 2.45) is 0 Å². The summed E-state index contributed by atoms with van der Waals surface area (Å²) in [7, 11) is 0. The fraction of sp³-hybridized carbons (Fsp3) is 0.294. The second kappa shape index (κ2) is 6.68. The molecule has 2 aromatic carbocycles. The fourth-order valence-electron chi connectivity index (χ4n) is 1.96. The van der Waals surface area contributed by atoms with Gasteiger partial charge in [0.25, 0.3) is 0 Å². The van der Waals surface area contributed by atoms with Crippen LogP contribution in [0.25, 0.3) is 0 Å². The summed E-state index contributed by atoms with van der Waals surface area (Å²) in [5, 5.41) is 9.67. The Balaban J connectivity index is 1.99. The van der Waals surface area contributed by atoms with E-state index < -0.39 is 18.6 Å². The highest BCUT2D eigenvalue weighted by atomic mass is 19.3. The molecule has 0 saturated carbocycles. The van der Waals surface area contributed by atoms with E-state index in [1.807, 2.05) is 6.92 Å². The van der Waals surface area contributed by atoms with Crippen LogP contribution in [0.2, 0.25) is 0 Å². The van der Waals surface area contributed by atoms with Crippen LogP contribution in [0.1, 0.15) is 30.6 Å². The van der Waals surface area contributed by atoms with Gasteiger partial charge in [-0.15, -0.1) is 0 Å². The minimum Gasteiger partial charge on any atom is -0.487 e. The van der Waals surface area contributed by atoms with Crippen molar-refractivity contribution in [3.05, 3.63) is 65.7 Å². The zero-order valence-corrected chi connectivity index (χ0v) is 11.8.